The molecule has 0 aliphatic carbocycles. The monoisotopic (exact) mass is 288 g/mol. The summed E-state index contributed by atoms with van der Waals surface area (Å²) >= 11 is 0. The number of carbonyl (C=O) groups is 3. The molecule has 0 bridgehead atoms. The average Bonchev–Trinajstić information content (AvgIpc) is 2.39. The van der Waals surface area contributed by atoms with Gasteiger partial charge in [-0.1, -0.05) is 24.3 Å². The summed E-state index contributed by atoms with van der Waals surface area (Å²) in [5, 5.41) is 10.3. The molecule has 0 spiro atoms. The molecule has 0 saturated heterocycles. The van der Waals surface area contributed by atoms with E-state index in [9.17, 15) is 19.5 Å². The minimum Gasteiger partial charge on any atom is -0.478 e. The predicted octanol–water partition coefficient (Wildman–Crippen LogP) is 2.39. The Balaban J connectivity index is 2.84. The fraction of sp³-hybridized carbons (Fsp3) is 0.133. The highest BCUT2D eigenvalue weighted by Crippen LogP contribution is 2.39. The second-order valence-corrected chi connectivity index (χ2v) is 4.30. The molecule has 6 nitrogen and oxygen atoms in total. The molecule has 0 saturated carbocycles. The van der Waals surface area contributed by atoms with Crippen molar-refractivity contribution < 1.29 is 29.0 Å². The molecule has 0 unspecified atom stereocenters. The molecule has 2 aromatic rings. The smallest absolute Gasteiger partial charge is 0.339 e. The van der Waals surface area contributed by atoms with Crippen LogP contribution in [0.1, 0.15) is 24.2 Å². The topological polar surface area (TPSA) is 89.9 Å². The Labute approximate surface area is 119 Å². The van der Waals surface area contributed by atoms with Crippen molar-refractivity contribution >= 4 is 28.7 Å². The molecule has 0 amide bonds. The molecule has 0 radical (unpaired) electrons. The standard InChI is InChI=1S/C15H12O6/c1-8(16)20-13-11-6-4-3-5-10(11)7-12(15(18)19)14(13)21-9(2)17/h3-7H,1-2H3,(H,18,19). The quantitative estimate of drug-likeness (QED) is 0.689. The molecule has 1 N–H and O–H groups in total. The molecule has 0 aromatic heterocycles. The summed E-state index contributed by atoms with van der Waals surface area (Å²) in [5.74, 6) is -2.99. The molecule has 0 heterocycles. The van der Waals surface area contributed by atoms with Gasteiger partial charge in [0.2, 0.25) is 0 Å². The van der Waals surface area contributed by atoms with E-state index in [0.717, 1.165) is 6.92 Å². The van der Waals surface area contributed by atoms with Crippen LogP contribution >= 0.6 is 0 Å². The van der Waals surface area contributed by atoms with Crippen LogP contribution in [-0.4, -0.2) is 23.0 Å². The Bertz CT molecular complexity index is 747. The van der Waals surface area contributed by atoms with Crippen LogP contribution in [0.4, 0.5) is 0 Å². The first-order valence-corrected chi connectivity index (χ1v) is 6.06. The van der Waals surface area contributed by atoms with E-state index in [1.165, 1.54) is 13.0 Å². The number of ether oxygens (including phenoxy) is 2. The van der Waals surface area contributed by atoms with E-state index in [0.29, 0.717) is 10.8 Å². The number of hydrogen-bond acceptors (Lipinski definition) is 5. The van der Waals surface area contributed by atoms with Gasteiger partial charge in [-0.05, 0) is 11.5 Å². The number of carbonyl (C=O) groups excluding carboxylic acids is 2. The van der Waals surface area contributed by atoms with Crippen molar-refractivity contribution in [3.63, 3.8) is 0 Å². The number of benzene rings is 2. The van der Waals surface area contributed by atoms with Crippen LogP contribution in [-0.2, 0) is 9.59 Å². The summed E-state index contributed by atoms with van der Waals surface area (Å²) in [6.07, 6.45) is 0. The van der Waals surface area contributed by atoms with E-state index in [1.54, 1.807) is 24.3 Å². The van der Waals surface area contributed by atoms with Gasteiger partial charge in [0, 0.05) is 19.2 Å². The van der Waals surface area contributed by atoms with Crippen LogP contribution in [0, 0.1) is 0 Å². The third-order valence-corrected chi connectivity index (χ3v) is 2.68. The molecular formula is C15H12O6. The van der Waals surface area contributed by atoms with Crippen LogP contribution in [0.3, 0.4) is 0 Å². The fourth-order valence-corrected chi connectivity index (χ4v) is 1.94. The lowest BCUT2D eigenvalue weighted by Crippen LogP contribution is -2.11. The first-order valence-electron chi connectivity index (χ1n) is 6.06. The summed E-state index contributed by atoms with van der Waals surface area (Å²) in [5.41, 5.74) is -0.250. The fourth-order valence-electron chi connectivity index (χ4n) is 1.94. The summed E-state index contributed by atoms with van der Waals surface area (Å²) in [6.45, 7) is 2.32. The molecule has 21 heavy (non-hydrogen) atoms. The average molecular weight is 288 g/mol. The van der Waals surface area contributed by atoms with E-state index in [2.05, 4.69) is 0 Å². The van der Waals surface area contributed by atoms with Gasteiger partial charge in [0.25, 0.3) is 0 Å². The SMILES string of the molecule is CC(=O)Oc1c(C(=O)O)cc2ccccc2c1OC(C)=O. The van der Waals surface area contributed by atoms with Gasteiger partial charge in [0.05, 0.1) is 0 Å². The lowest BCUT2D eigenvalue weighted by atomic mass is 10.0. The first-order chi connectivity index (χ1) is 9.90. The van der Waals surface area contributed by atoms with Crippen molar-refractivity contribution in [1.29, 1.82) is 0 Å². The molecule has 0 fully saturated rings. The summed E-state index contributed by atoms with van der Waals surface area (Å²) < 4.78 is 10.0. The van der Waals surface area contributed by atoms with Gasteiger partial charge in [-0.3, -0.25) is 9.59 Å². The highest BCUT2D eigenvalue weighted by molar-refractivity contribution is 6.03. The molecule has 6 heteroatoms. The summed E-state index contributed by atoms with van der Waals surface area (Å²) in [4.78, 5) is 33.8. The first kappa shape index (κ1) is 14.5. The number of carboxylic acids is 1. The second kappa shape index (κ2) is 5.62. The maximum absolute atomic E-state index is 11.4. The largest absolute Gasteiger partial charge is 0.478 e. The van der Waals surface area contributed by atoms with Crippen molar-refractivity contribution in [1.82, 2.24) is 0 Å². The zero-order chi connectivity index (χ0) is 15.6. The highest BCUT2D eigenvalue weighted by atomic mass is 16.6. The maximum atomic E-state index is 11.4. The Morgan fingerprint density at radius 3 is 2.10 bits per heavy atom. The van der Waals surface area contributed by atoms with Crippen LogP contribution in [0.2, 0.25) is 0 Å². The van der Waals surface area contributed by atoms with Gasteiger partial charge in [-0.25, -0.2) is 4.79 Å². The van der Waals surface area contributed by atoms with Crippen LogP contribution < -0.4 is 9.47 Å². The van der Waals surface area contributed by atoms with E-state index < -0.39 is 17.9 Å². The van der Waals surface area contributed by atoms with Crippen molar-refractivity contribution in [3.05, 3.63) is 35.9 Å². The Morgan fingerprint density at radius 1 is 0.952 bits per heavy atom. The maximum Gasteiger partial charge on any atom is 0.339 e. The predicted molar refractivity (Wildman–Crippen MR) is 73.5 cm³/mol. The lowest BCUT2D eigenvalue weighted by Gasteiger charge is -2.14. The normalized spacial score (nSPS) is 10.2. The Hall–Kier alpha value is -2.89. The van der Waals surface area contributed by atoms with Gasteiger partial charge in [-0.2, -0.15) is 0 Å². The number of aromatic carboxylic acids is 1. The number of rotatable bonds is 3. The molecule has 0 aliphatic rings. The zero-order valence-electron chi connectivity index (χ0n) is 11.4. The molecule has 2 aromatic carbocycles. The van der Waals surface area contributed by atoms with E-state index >= 15 is 0 Å². The lowest BCUT2D eigenvalue weighted by molar-refractivity contribution is -0.134. The third-order valence-electron chi connectivity index (χ3n) is 2.68. The highest BCUT2D eigenvalue weighted by Gasteiger charge is 2.23. The van der Waals surface area contributed by atoms with Gasteiger partial charge in [0.1, 0.15) is 5.56 Å². The summed E-state index contributed by atoms with van der Waals surface area (Å²) in [7, 11) is 0. The van der Waals surface area contributed by atoms with Crippen LogP contribution in [0.15, 0.2) is 30.3 Å². The Morgan fingerprint density at radius 2 is 1.52 bits per heavy atom. The second-order valence-electron chi connectivity index (χ2n) is 4.30. The van der Waals surface area contributed by atoms with E-state index in [-0.39, 0.29) is 17.1 Å². The zero-order valence-corrected chi connectivity index (χ0v) is 11.4. The summed E-state index contributed by atoms with van der Waals surface area (Å²) in [6, 6.07) is 8.10. The Kier molecular flexibility index (Phi) is 3.89. The van der Waals surface area contributed by atoms with Crippen molar-refractivity contribution in [3.8, 4) is 11.5 Å². The van der Waals surface area contributed by atoms with Crippen molar-refractivity contribution in [2.75, 3.05) is 0 Å². The molecular weight excluding hydrogens is 276 g/mol. The van der Waals surface area contributed by atoms with E-state index in [1.807, 2.05) is 0 Å². The molecule has 2 rings (SSSR count). The molecule has 108 valence electrons. The van der Waals surface area contributed by atoms with Gasteiger partial charge >= 0.3 is 17.9 Å². The number of carboxylic acid groups (broad SMARTS) is 1. The van der Waals surface area contributed by atoms with E-state index in [4.69, 9.17) is 9.47 Å². The van der Waals surface area contributed by atoms with Crippen LogP contribution in [0.25, 0.3) is 10.8 Å². The van der Waals surface area contributed by atoms with Gasteiger partial charge < -0.3 is 14.6 Å². The van der Waals surface area contributed by atoms with Gasteiger partial charge in [0.15, 0.2) is 11.5 Å². The third kappa shape index (κ3) is 3.00. The number of esters is 2. The van der Waals surface area contributed by atoms with Crippen LogP contribution in [0.5, 0.6) is 11.5 Å². The van der Waals surface area contributed by atoms with Crippen molar-refractivity contribution in [2.45, 2.75) is 13.8 Å². The minimum absolute atomic E-state index is 0.0757. The minimum atomic E-state index is -1.29. The molecule has 0 atom stereocenters. The van der Waals surface area contributed by atoms with Gasteiger partial charge in [-0.15, -0.1) is 0 Å². The molecule has 0 aliphatic heterocycles. The van der Waals surface area contributed by atoms with Crippen molar-refractivity contribution in [2.24, 2.45) is 0 Å². The number of hydrogen-bond donors (Lipinski definition) is 1. The number of fused-ring (bicyclic) bond motifs is 1.